The van der Waals surface area contributed by atoms with Crippen LogP contribution < -0.4 is 4.90 Å². The zero-order chi connectivity index (χ0) is 22.1. The fourth-order valence-corrected chi connectivity index (χ4v) is 3.84. The van der Waals surface area contributed by atoms with Crippen molar-refractivity contribution in [2.24, 2.45) is 0 Å². The zero-order valence-corrected chi connectivity index (χ0v) is 17.5. The molecule has 1 aliphatic heterocycles. The van der Waals surface area contributed by atoms with Crippen LogP contribution >= 0.6 is 15.9 Å². The molecule has 0 aromatic heterocycles. The third kappa shape index (κ3) is 3.73. The lowest BCUT2D eigenvalue weighted by atomic mass is 9.95. The van der Waals surface area contributed by atoms with Crippen LogP contribution in [0.15, 0.2) is 88.9 Å². The standard InChI is InChI=1S/C23H15BrN2O5/c24-16-11-9-14(10-12-16)21(27)19-20(15-5-4-8-18(13-15)26(30)31)25(23(29)22(19)28)17-6-2-1-3-7-17/h1-13,20,27H/t20-/m0/s1. The van der Waals surface area contributed by atoms with Crippen LogP contribution in [0.2, 0.25) is 0 Å². The van der Waals surface area contributed by atoms with Crippen LogP contribution in [0.1, 0.15) is 17.2 Å². The van der Waals surface area contributed by atoms with E-state index in [1.165, 1.54) is 23.1 Å². The van der Waals surface area contributed by atoms with E-state index in [1.807, 2.05) is 0 Å². The number of nitro benzene ring substituents is 1. The van der Waals surface area contributed by atoms with Crippen molar-refractivity contribution < 1.29 is 19.6 Å². The number of para-hydroxylation sites is 1. The number of benzene rings is 3. The molecule has 3 aromatic rings. The van der Waals surface area contributed by atoms with E-state index in [1.54, 1.807) is 60.7 Å². The summed E-state index contributed by atoms with van der Waals surface area (Å²) in [7, 11) is 0. The Labute approximate surface area is 185 Å². The first-order chi connectivity index (χ1) is 14.9. The number of carbonyl (C=O) groups excluding carboxylic acids is 2. The number of hydrogen-bond donors (Lipinski definition) is 1. The molecule has 4 rings (SSSR count). The van der Waals surface area contributed by atoms with Crippen molar-refractivity contribution in [1.29, 1.82) is 0 Å². The average Bonchev–Trinajstić information content (AvgIpc) is 3.05. The van der Waals surface area contributed by atoms with Crippen LogP contribution in [0, 0.1) is 10.1 Å². The molecule has 31 heavy (non-hydrogen) atoms. The van der Waals surface area contributed by atoms with Gasteiger partial charge >= 0.3 is 0 Å². The molecule has 1 saturated heterocycles. The first kappa shape index (κ1) is 20.5. The Morgan fingerprint density at radius 1 is 0.968 bits per heavy atom. The van der Waals surface area contributed by atoms with Gasteiger partial charge in [-0.25, -0.2) is 0 Å². The van der Waals surface area contributed by atoms with Crippen LogP contribution in [0.5, 0.6) is 0 Å². The molecule has 0 spiro atoms. The van der Waals surface area contributed by atoms with E-state index in [9.17, 15) is 24.8 Å². The zero-order valence-electron chi connectivity index (χ0n) is 15.9. The summed E-state index contributed by atoms with van der Waals surface area (Å²) in [6.45, 7) is 0. The Bertz CT molecular complexity index is 1220. The molecule has 0 radical (unpaired) electrons. The predicted octanol–water partition coefficient (Wildman–Crippen LogP) is 4.98. The van der Waals surface area contributed by atoms with Gasteiger partial charge in [0.25, 0.3) is 17.4 Å². The van der Waals surface area contributed by atoms with E-state index < -0.39 is 22.7 Å². The Balaban J connectivity index is 1.96. The van der Waals surface area contributed by atoms with Crippen LogP contribution in [-0.4, -0.2) is 21.7 Å². The van der Waals surface area contributed by atoms with Gasteiger partial charge in [0.2, 0.25) is 0 Å². The lowest BCUT2D eigenvalue weighted by molar-refractivity contribution is -0.384. The molecular weight excluding hydrogens is 464 g/mol. The van der Waals surface area contributed by atoms with Gasteiger partial charge in [-0.05, 0) is 29.8 Å². The molecule has 1 atom stereocenters. The normalized spacial score (nSPS) is 17.7. The molecule has 8 heteroatoms. The van der Waals surface area contributed by atoms with E-state index in [4.69, 9.17) is 0 Å². The van der Waals surface area contributed by atoms with Gasteiger partial charge in [-0.2, -0.15) is 0 Å². The summed E-state index contributed by atoms with van der Waals surface area (Å²) in [6, 6.07) is 19.8. The predicted molar refractivity (Wildman–Crippen MR) is 118 cm³/mol. The third-order valence-electron chi connectivity index (χ3n) is 4.99. The number of aliphatic hydroxyl groups is 1. The van der Waals surface area contributed by atoms with E-state index in [2.05, 4.69) is 15.9 Å². The number of non-ortho nitro benzene ring substituents is 1. The quantitative estimate of drug-likeness (QED) is 0.187. The molecule has 0 aliphatic carbocycles. The van der Waals surface area contributed by atoms with Crippen molar-refractivity contribution in [2.75, 3.05) is 4.90 Å². The SMILES string of the molecule is O=C1C(=O)N(c2ccccc2)[C@@H](c2cccc([N+](=O)[O-])c2)C1=C(O)c1ccc(Br)cc1. The Kier molecular flexibility index (Phi) is 5.39. The molecule has 0 bridgehead atoms. The number of rotatable bonds is 4. The van der Waals surface area contributed by atoms with Gasteiger partial charge < -0.3 is 5.11 Å². The van der Waals surface area contributed by atoms with E-state index in [0.29, 0.717) is 16.8 Å². The molecule has 7 nitrogen and oxygen atoms in total. The van der Waals surface area contributed by atoms with Crippen molar-refractivity contribution >= 4 is 44.8 Å². The molecule has 1 heterocycles. The number of carbonyl (C=O) groups is 2. The van der Waals surface area contributed by atoms with Gasteiger partial charge in [0, 0.05) is 27.9 Å². The summed E-state index contributed by atoms with van der Waals surface area (Å²) in [6.07, 6.45) is 0. The minimum Gasteiger partial charge on any atom is -0.507 e. The number of anilines is 1. The van der Waals surface area contributed by atoms with Crippen molar-refractivity contribution in [3.05, 3.63) is 110 Å². The lowest BCUT2D eigenvalue weighted by Crippen LogP contribution is -2.29. The molecule has 3 aromatic carbocycles. The first-order valence-electron chi connectivity index (χ1n) is 9.25. The van der Waals surface area contributed by atoms with Crippen LogP contribution in [0.4, 0.5) is 11.4 Å². The minimum atomic E-state index is -1.02. The molecule has 1 fully saturated rings. The minimum absolute atomic E-state index is 0.128. The van der Waals surface area contributed by atoms with Gasteiger partial charge in [0.05, 0.1) is 16.5 Å². The van der Waals surface area contributed by atoms with Crippen molar-refractivity contribution in [1.82, 2.24) is 0 Å². The van der Waals surface area contributed by atoms with E-state index in [0.717, 1.165) is 4.47 Å². The highest BCUT2D eigenvalue weighted by atomic mass is 79.9. The third-order valence-corrected chi connectivity index (χ3v) is 5.52. The fraction of sp³-hybridized carbons (Fsp3) is 0.0435. The molecular formula is C23H15BrN2O5. The van der Waals surface area contributed by atoms with E-state index >= 15 is 0 Å². The second-order valence-electron chi connectivity index (χ2n) is 6.86. The first-order valence-corrected chi connectivity index (χ1v) is 10.0. The highest BCUT2D eigenvalue weighted by Gasteiger charge is 2.47. The summed E-state index contributed by atoms with van der Waals surface area (Å²) < 4.78 is 0.782. The summed E-state index contributed by atoms with van der Waals surface area (Å²) in [4.78, 5) is 38.0. The number of amides is 1. The number of nitro groups is 1. The largest absolute Gasteiger partial charge is 0.507 e. The fourth-order valence-electron chi connectivity index (χ4n) is 3.57. The van der Waals surface area contributed by atoms with Crippen molar-refractivity contribution in [3.8, 4) is 0 Å². The maximum atomic E-state index is 13.0. The highest BCUT2D eigenvalue weighted by molar-refractivity contribution is 9.10. The van der Waals surface area contributed by atoms with Crippen molar-refractivity contribution in [2.45, 2.75) is 6.04 Å². The Hall–Kier alpha value is -3.78. The van der Waals surface area contributed by atoms with Crippen molar-refractivity contribution in [3.63, 3.8) is 0 Å². The van der Waals surface area contributed by atoms with Gasteiger partial charge in [-0.3, -0.25) is 24.6 Å². The maximum absolute atomic E-state index is 13.0. The van der Waals surface area contributed by atoms with Gasteiger partial charge in [-0.15, -0.1) is 0 Å². The summed E-state index contributed by atoms with van der Waals surface area (Å²) >= 11 is 3.32. The number of Topliss-reactive ketones (excluding diaryl/α,β-unsaturated/α-hetero) is 1. The number of ketones is 1. The summed E-state index contributed by atoms with van der Waals surface area (Å²) in [5.41, 5.74) is 0.827. The smallest absolute Gasteiger partial charge is 0.300 e. The summed E-state index contributed by atoms with van der Waals surface area (Å²) in [5.74, 6) is -2.03. The van der Waals surface area contributed by atoms with Crippen LogP contribution in [0.3, 0.4) is 0 Å². The highest BCUT2D eigenvalue weighted by Crippen LogP contribution is 2.42. The second-order valence-corrected chi connectivity index (χ2v) is 7.78. The number of halogens is 1. The Morgan fingerprint density at radius 2 is 1.65 bits per heavy atom. The molecule has 154 valence electrons. The van der Waals surface area contributed by atoms with Gasteiger partial charge in [0.15, 0.2) is 0 Å². The second kappa shape index (κ2) is 8.16. The summed E-state index contributed by atoms with van der Waals surface area (Å²) in [5, 5.41) is 22.3. The average molecular weight is 479 g/mol. The number of hydrogen-bond acceptors (Lipinski definition) is 5. The van der Waals surface area contributed by atoms with Crippen LogP contribution in [-0.2, 0) is 9.59 Å². The molecule has 1 amide bonds. The monoisotopic (exact) mass is 478 g/mol. The van der Waals surface area contributed by atoms with Gasteiger partial charge in [0.1, 0.15) is 5.76 Å². The molecule has 0 unspecified atom stereocenters. The maximum Gasteiger partial charge on any atom is 0.300 e. The topological polar surface area (TPSA) is 101 Å². The molecule has 0 saturated carbocycles. The van der Waals surface area contributed by atoms with Gasteiger partial charge in [-0.1, -0.05) is 58.4 Å². The number of aliphatic hydroxyl groups excluding tert-OH is 1. The molecule has 1 aliphatic rings. The molecule has 1 N–H and O–H groups in total. The Morgan fingerprint density at radius 3 is 2.29 bits per heavy atom. The van der Waals surface area contributed by atoms with Crippen LogP contribution in [0.25, 0.3) is 5.76 Å². The lowest BCUT2D eigenvalue weighted by Gasteiger charge is -2.25. The van der Waals surface area contributed by atoms with E-state index in [-0.39, 0.29) is 17.0 Å². The number of nitrogens with zero attached hydrogens (tertiary/aromatic N) is 2.